The molecule has 0 aromatic heterocycles. The van der Waals surface area contributed by atoms with Gasteiger partial charge in [-0.1, -0.05) is 24.3 Å². The van der Waals surface area contributed by atoms with Crippen LogP contribution in [0.3, 0.4) is 0 Å². The van der Waals surface area contributed by atoms with Crippen molar-refractivity contribution in [2.24, 2.45) is 5.10 Å². The van der Waals surface area contributed by atoms with Crippen LogP contribution in [0.4, 0.5) is 11.4 Å². The molecule has 3 aromatic rings. The van der Waals surface area contributed by atoms with E-state index in [1.165, 1.54) is 12.1 Å². The number of hydrogen-bond acceptors (Lipinski definition) is 6. The molecule has 0 aliphatic heterocycles. The Labute approximate surface area is 168 Å². The van der Waals surface area contributed by atoms with Gasteiger partial charge in [0.15, 0.2) is 0 Å². The standard InChI is InChI=1S/C22H21N3O4/c1-17-4-2-6-21(14-17)28-12-13-29-22-7-3-5-18(15-22)16-23-24-19-8-10-20(11-9-19)25(26)27/h2-11,14-16,24H,12-13H2,1H3. The highest BCUT2D eigenvalue weighted by Gasteiger charge is 2.03. The third-order valence-electron chi connectivity index (χ3n) is 3.95. The lowest BCUT2D eigenvalue weighted by atomic mass is 10.2. The Hall–Kier alpha value is -3.87. The van der Waals surface area contributed by atoms with Crippen molar-refractivity contribution in [2.45, 2.75) is 6.92 Å². The number of hydrogen-bond donors (Lipinski definition) is 1. The molecule has 0 saturated carbocycles. The number of nitro groups is 1. The molecule has 0 aliphatic carbocycles. The average Bonchev–Trinajstić information content (AvgIpc) is 2.72. The number of nitro benzene ring substituents is 1. The van der Waals surface area contributed by atoms with E-state index < -0.39 is 4.92 Å². The number of benzene rings is 3. The van der Waals surface area contributed by atoms with Gasteiger partial charge in [-0.15, -0.1) is 0 Å². The van der Waals surface area contributed by atoms with Crippen LogP contribution < -0.4 is 14.9 Å². The Balaban J connectivity index is 1.47. The summed E-state index contributed by atoms with van der Waals surface area (Å²) in [5, 5.41) is 14.8. The van der Waals surface area contributed by atoms with E-state index in [1.54, 1.807) is 18.3 Å². The summed E-state index contributed by atoms with van der Waals surface area (Å²) in [6.45, 7) is 2.89. The van der Waals surface area contributed by atoms with E-state index in [4.69, 9.17) is 9.47 Å². The van der Waals surface area contributed by atoms with Crippen molar-refractivity contribution in [3.05, 3.63) is 94.0 Å². The third-order valence-corrected chi connectivity index (χ3v) is 3.95. The summed E-state index contributed by atoms with van der Waals surface area (Å²) in [7, 11) is 0. The monoisotopic (exact) mass is 391 g/mol. The van der Waals surface area contributed by atoms with E-state index in [2.05, 4.69) is 10.5 Å². The van der Waals surface area contributed by atoms with Gasteiger partial charge < -0.3 is 9.47 Å². The van der Waals surface area contributed by atoms with Crippen LogP contribution in [-0.4, -0.2) is 24.4 Å². The van der Waals surface area contributed by atoms with Gasteiger partial charge in [-0.05, 0) is 54.4 Å². The second kappa shape index (κ2) is 9.89. The summed E-state index contributed by atoms with van der Waals surface area (Å²) in [6, 6.07) is 21.4. The van der Waals surface area contributed by atoms with E-state index in [1.807, 2.05) is 55.5 Å². The predicted octanol–water partition coefficient (Wildman–Crippen LogP) is 4.81. The molecule has 3 aromatic carbocycles. The van der Waals surface area contributed by atoms with Crippen molar-refractivity contribution in [3.63, 3.8) is 0 Å². The summed E-state index contributed by atoms with van der Waals surface area (Å²) in [5.41, 5.74) is 5.55. The van der Waals surface area contributed by atoms with Crippen LogP contribution in [0.5, 0.6) is 11.5 Å². The molecule has 29 heavy (non-hydrogen) atoms. The molecule has 148 valence electrons. The van der Waals surface area contributed by atoms with Crippen LogP contribution >= 0.6 is 0 Å². The Kier molecular flexibility index (Phi) is 6.78. The Bertz CT molecular complexity index is 987. The summed E-state index contributed by atoms with van der Waals surface area (Å²) >= 11 is 0. The van der Waals surface area contributed by atoms with Gasteiger partial charge in [-0.2, -0.15) is 5.10 Å². The number of rotatable bonds is 9. The molecule has 0 amide bonds. The lowest BCUT2D eigenvalue weighted by Crippen LogP contribution is -2.09. The molecule has 0 unspecified atom stereocenters. The third kappa shape index (κ3) is 6.35. The van der Waals surface area contributed by atoms with Crippen LogP contribution in [0.2, 0.25) is 0 Å². The molecule has 0 aliphatic rings. The SMILES string of the molecule is Cc1cccc(OCCOc2cccc(C=NNc3ccc([N+](=O)[O-])cc3)c2)c1. The van der Waals surface area contributed by atoms with Gasteiger partial charge in [-0.25, -0.2) is 0 Å². The highest BCUT2D eigenvalue weighted by Crippen LogP contribution is 2.16. The smallest absolute Gasteiger partial charge is 0.269 e. The van der Waals surface area contributed by atoms with E-state index in [0.29, 0.717) is 18.9 Å². The molecule has 0 heterocycles. The summed E-state index contributed by atoms with van der Waals surface area (Å²) < 4.78 is 11.4. The van der Waals surface area contributed by atoms with E-state index in [9.17, 15) is 10.1 Å². The number of hydrazone groups is 1. The molecule has 7 heteroatoms. The van der Waals surface area contributed by atoms with Gasteiger partial charge >= 0.3 is 0 Å². The minimum Gasteiger partial charge on any atom is -0.490 e. The summed E-state index contributed by atoms with van der Waals surface area (Å²) in [4.78, 5) is 10.2. The predicted molar refractivity (Wildman–Crippen MR) is 113 cm³/mol. The molecular weight excluding hydrogens is 370 g/mol. The van der Waals surface area contributed by atoms with Crippen molar-refractivity contribution in [2.75, 3.05) is 18.6 Å². The zero-order valence-corrected chi connectivity index (χ0v) is 15.9. The number of ether oxygens (including phenoxy) is 2. The van der Waals surface area contributed by atoms with E-state index >= 15 is 0 Å². The van der Waals surface area contributed by atoms with Gasteiger partial charge in [0, 0.05) is 12.1 Å². The van der Waals surface area contributed by atoms with Gasteiger partial charge in [-0.3, -0.25) is 15.5 Å². The highest BCUT2D eigenvalue weighted by atomic mass is 16.6. The Morgan fingerprint density at radius 1 is 0.966 bits per heavy atom. The van der Waals surface area contributed by atoms with Crippen LogP contribution in [0.15, 0.2) is 77.9 Å². The fourth-order valence-corrected chi connectivity index (χ4v) is 2.55. The van der Waals surface area contributed by atoms with Gasteiger partial charge in [0.05, 0.1) is 16.8 Å². The van der Waals surface area contributed by atoms with Crippen LogP contribution in [-0.2, 0) is 0 Å². The maximum Gasteiger partial charge on any atom is 0.269 e. The molecule has 0 bridgehead atoms. The second-order valence-corrected chi connectivity index (χ2v) is 6.26. The van der Waals surface area contributed by atoms with Gasteiger partial charge in [0.25, 0.3) is 5.69 Å². The number of non-ortho nitro benzene ring substituents is 1. The zero-order chi connectivity index (χ0) is 20.5. The average molecular weight is 391 g/mol. The van der Waals surface area contributed by atoms with E-state index in [-0.39, 0.29) is 5.69 Å². The normalized spacial score (nSPS) is 10.7. The largest absolute Gasteiger partial charge is 0.490 e. The second-order valence-electron chi connectivity index (χ2n) is 6.26. The fourth-order valence-electron chi connectivity index (χ4n) is 2.55. The number of anilines is 1. The Morgan fingerprint density at radius 2 is 1.62 bits per heavy atom. The number of aryl methyl sites for hydroxylation is 1. The molecule has 1 N–H and O–H groups in total. The summed E-state index contributed by atoms with van der Waals surface area (Å²) in [6.07, 6.45) is 1.65. The highest BCUT2D eigenvalue weighted by molar-refractivity contribution is 5.80. The first kappa shape index (κ1) is 19.9. The van der Waals surface area contributed by atoms with Gasteiger partial charge in [0.2, 0.25) is 0 Å². The van der Waals surface area contributed by atoms with Crippen molar-refractivity contribution in [1.29, 1.82) is 0 Å². The van der Waals surface area contributed by atoms with Crippen molar-refractivity contribution in [3.8, 4) is 11.5 Å². The number of nitrogens with zero attached hydrogens (tertiary/aromatic N) is 2. The lowest BCUT2D eigenvalue weighted by molar-refractivity contribution is -0.384. The maximum absolute atomic E-state index is 10.7. The zero-order valence-electron chi connectivity index (χ0n) is 15.9. The van der Waals surface area contributed by atoms with Crippen molar-refractivity contribution in [1.82, 2.24) is 0 Å². The molecule has 0 atom stereocenters. The minimum absolute atomic E-state index is 0.0377. The molecule has 0 spiro atoms. The molecule has 7 nitrogen and oxygen atoms in total. The first-order valence-electron chi connectivity index (χ1n) is 9.06. The first-order valence-corrected chi connectivity index (χ1v) is 9.06. The molecule has 0 fully saturated rings. The topological polar surface area (TPSA) is 86.0 Å². The van der Waals surface area contributed by atoms with Crippen molar-refractivity contribution < 1.29 is 14.4 Å². The fraction of sp³-hybridized carbons (Fsp3) is 0.136. The van der Waals surface area contributed by atoms with Crippen LogP contribution in [0.25, 0.3) is 0 Å². The number of nitrogens with one attached hydrogen (secondary N) is 1. The summed E-state index contributed by atoms with van der Waals surface area (Å²) in [5.74, 6) is 1.55. The maximum atomic E-state index is 10.7. The minimum atomic E-state index is -0.440. The van der Waals surface area contributed by atoms with Crippen LogP contribution in [0, 0.1) is 17.0 Å². The van der Waals surface area contributed by atoms with Gasteiger partial charge in [0.1, 0.15) is 24.7 Å². The Morgan fingerprint density at radius 3 is 2.28 bits per heavy atom. The first-order chi connectivity index (χ1) is 14.1. The quantitative estimate of drug-likeness (QED) is 0.245. The molecule has 0 saturated heterocycles. The van der Waals surface area contributed by atoms with Crippen LogP contribution in [0.1, 0.15) is 11.1 Å². The van der Waals surface area contributed by atoms with E-state index in [0.717, 1.165) is 22.6 Å². The molecule has 3 rings (SSSR count). The van der Waals surface area contributed by atoms with Crippen molar-refractivity contribution >= 4 is 17.6 Å². The molecule has 0 radical (unpaired) electrons. The molecular formula is C22H21N3O4. The lowest BCUT2D eigenvalue weighted by Gasteiger charge is -2.09.